The Bertz CT molecular complexity index is 450. The molecular weight excluding hydrogens is 288 g/mol. The molecule has 1 unspecified atom stereocenters. The van der Waals surface area contributed by atoms with Crippen molar-refractivity contribution in [3.63, 3.8) is 0 Å². The van der Waals surface area contributed by atoms with Gasteiger partial charge in [-0.1, -0.05) is 11.6 Å². The normalized spacial score (nSPS) is 12.0. The molecule has 7 heteroatoms. The lowest BCUT2D eigenvalue weighted by Crippen LogP contribution is -2.48. The summed E-state index contributed by atoms with van der Waals surface area (Å²) in [6.45, 7) is 4.54. The van der Waals surface area contributed by atoms with E-state index in [1.807, 2.05) is 13.0 Å². The van der Waals surface area contributed by atoms with Crippen LogP contribution in [0.4, 0.5) is 0 Å². The van der Waals surface area contributed by atoms with Gasteiger partial charge in [0, 0.05) is 11.4 Å². The van der Waals surface area contributed by atoms with Crippen LogP contribution in [0.5, 0.6) is 0 Å². The van der Waals surface area contributed by atoms with E-state index in [0.29, 0.717) is 17.4 Å². The predicted octanol–water partition coefficient (Wildman–Crippen LogP) is 1.64. The van der Waals surface area contributed by atoms with Gasteiger partial charge in [-0.3, -0.25) is 4.79 Å². The minimum absolute atomic E-state index is 0.201. The van der Waals surface area contributed by atoms with Gasteiger partial charge >= 0.3 is 5.97 Å². The van der Waals surface area contributed by atoms with Gasteiger partial charge in [0.1, 0.15) is 0 Å². The quantitative estimate of drug-likeness (QED) is 0.640. The van der Waals surface area contributed by atoms with Gasteiger partial charge in [-0.2, -0.15) is 0 Å². The summed E-state index contributed by atoms with van der Waals surface area (Å²) in [6, 6.07) is 2.35. The summed E-state index contributed by atoms with van der Waals surface area (Å²) < 4.78 is 5.40. The van der Waals surface area contributed by atoms with Crippen LogP contribution in [-0.4, -0.2) is 36.0 Å². The number of amides is 1. The van der Waals surface area contributed by atoms with E-state index in [1.54, 1.807) is 13.0 Å². The van der Waals surface area contributed by atoms with Crippen molar-refractivity contribution in [2.24, 2.45) is 5.73 Å². The molecule has 1 aromatic rings. The Morgan fingerprint density at radius 2 is 2.16 bits per heavy atom. The lowest BCUT2D eigenvalue weighted by atomic mass is 10.2. The number of halogens is 1. The smallest absolute Gasteiger partial charge is 0.332 e. The average molecular weight is 305 g/mol. The third-order valence-corrected chi connectivity index (χ3v) is 3.69. The Labute approximate surface area is 121 Å². The molecule has 2 N–H and O–H groups in total. The van der Waals surface area contributed by atoms with Gasteiger partial charge in [0.25, 0.3) is 5.91 Å². The first-order valence-corrected chi connectivity index (χ1v) is 7.14. The fourth-order valence-electron chi connectivity index (χ4n) is 1.50. The lowest BCUT2D eigenvalue weighted by Gasteiger charge is -2.22. The highest BCUT2D eigenvalue weighted by Gasteiger charge is 2.27. The minimum atomic E-state index is -1.27. The van der Waals surface area contributed by atoms with Crippen LogP contribution in [0, 0.1) is 0 Å². The molecule has 1 amide bonds. The number of esters is 1. The highest BCUT2D eigenvalue weighted by molar-refractivity contribution is 7.16. The van der Waals surface area contributed by atoms with Gasteiger partial charge < -0.3 is 15.4 Å². The standard InChI is InChI=1S/C12H17ClN2O3S/c1-3-15(7-8-5-6-9(13)19-8)11(16)10(14)12(17)18-4-2/h5-6,10H,3-4,7,14H2,1-2H3. The Morgan fingerprint density at radius 3 is 2.63 bits per heavy atom. The van der Waals surface area contributed by atoms with Crippen LogP contribution in [0.25, 0.3) is 0 Å². The number of hydrogen-bond acceptors (Lipinski definition) is 5. The number of nitrogens with two attached hydrogens (primary N) is 1. The van der Waals surface area contributed by atoms with E-state index >= 15 is 0 Å². The topological polar surface area (TPSA) is 72.6 Å². The Balaban J connectivity index is 2.68. The molecular formula is C12H17ClN2O3S. The molecule has 1 aromatic heterocycles. The van der Waals surface area contributed by atoms with E-state index in [9.17, 15) is 9.59 Å². The molecule has 5 nitrogen and oxygen atoms in total. The second-order valence-corrected chi connectivity index (χ2v) is 5.59. The van der Waals surface area contributed by atoms with Gasteiger partial charge in [0.15, 0.2) is 6.04 Å². The number of carbonyl (C=O) groups is 2. The van der Waals surface area contributed by atoms with Crippen molar-refractivity contribution < 1.29 is 14.3 Å². The van der Waals surface area contributed by atoms with Crippen molar-refractivity contribution in [2.75, 3.05) is 13.2 Å². The summed E-state index contributed by atoms with van der Waals surface area (Å²) in [5.41, 5.74) is 5.59. The second-order valence-electron chi connectivity index (χ2n) is 3.79. The molecule has 0 aliphatic carbocycles. The van der Waals surface area contributed by atoms with Crippen LogP contribution in [-0.2, 0) is 20.9 Å². The Kier molecular flexibility index (Phi) is 6.27. The second kappa shape index (κ2) is 7.47. The predicted molar refractivity (Wildman–Crippen MR) is 75.0 cm³/mol. The summed E-state index contributed by atoms with van der Waals surface area (Å²) in [6.07, 6.45) is 0. The first-order valence-electron chi connectivity index (χ1n) is 5.94. The van der Waals surface area contributed by atoms with Crippen LogP contribution in [0.15, 0.2) is 12.1 Å². The van der Waals surface area contributed by atoms with Crippen molar-refractivity contribution in [1.82, 2.24) is 4.90 Å². The monoisotopic (exact) mass is 304 g/mol. The maximum Gasteiger partial charge on any atom is 0.332 e. The van der Waals surface area contributed by atoms with Crippen LogP contribution in [0.3, 0.4) is 0 Å². The number of likely N-dealkylation sites (N-methyl/N-ethyl adjacent to an activating group) is 1. The maximum absolute atomic E-state index is 12.1. The van der Waals surface area contributed by atoms with Crippen molar-refractivity contribution in [2.45, 2.75) is 26.4 Å². The molecule has 0 aliphatic rings. The summed E-state index contributed by atoms with van der Waals surface area (Å²) in [7, 11) is 0. The van der Waals surface area contributed by atoms with Crippen LogP contribution < -0.4 is 5.73 Å². The number of rotatable bonds is 6. The summed E-state index contributed by atoms with van der Waals surface area (Å²) in [5.74, 6) is -1.14. The highest BCUT2D eigenvalue weighted by atomic mass is 35.5. The third-order valence-electron chi connectivity index (χ3n) is 2.48. The van der Waals surface area contributed by atoms with E-state index in [2.05, 4.69) is 0 Å². The summed E-state index contributed by atoms with van der Waals surface area (Å²) in [4.78, 5) is 26.0. The molecule has 0 saturated carbocycles. The van der Waals surface area contributed by atoms with Crippen LogP contribution >= 0.6 is 22.9 Å². The van der Waals surface area contributed by atoms with Gasteiger partial charge in [-0.05, 0) is 26.0 Å². The van der Waals surface area contributed by atoms with E-state index in [0.717, 1.165) is 4.88 Å². The van der Waals surface area contributed by atoms with Crippen LogP contribution in [0.1, 0.15) is 18.7 Å². The molecule has 0 aromatic carbocycles. The molecule has 106 valence electrons. The average Bonchev–Trinajstić information content (AvgIpc) is 2.80. The zero-order valence-electron chi connectivity index (χ0n) is 10.9. The molecule has 1 atom stereocenters. The fourth-order valence-corrected chi connectivity index (χ4v) is 2.60. The largest absolute Gasteiger partial charge is 0.464 e. The number of carbonyl (C=O) groups excluding carboxylic acids is 2. The molecule has 0 fully saturated rings. The SMILES string of the molecule is CCOC(=O)C(N)C(=O)N(CC)Cc1ccc(Cl)s1. The van der Waals surface area contributed by atoms with E-state index in [4.69, 9.17) is 22.1 Å². The first kappa shape index (κ1) is 15.9. The van der Waals surface area contributed by atoms with Crippen molar-refractivity contribution in [3.8, 4) is 0 Å². The highest BCUT2D eigenvalue weighted by Crippen LogP contribution is 2.22. The van der Waals surface area contributed by atoms with Gasteiger partial charge in [0.2, 0.25) is 0 Å². The molecule has 0 radical (unpaired) electrons. The van der Waals surface area contributed by atoms with E-state index in [-0.39, 0.29) is 6.61 Å². The fraction of sp³-hybridized carbons (Fsp3) is 0.500. The Morgan fingerprint density at radius 1 is 1.47 bits per heavy atom. The Hall–Kier alpha value is -1.11. The first-order chi connectivity index (χ1) is 8.99. The van der Waals surface area contributed by atoms with E-state index in [1.165, 1.54) is 16.2 Å². The molecule has 0 spiro atoms. The van der Waals surface area contributed by atoms with Crippen molar-refractivity contribution in [1.29, 1.82) is 0 Å². The molecule has 1 rings (SSSR count). The molecule has 0 saturated heterocycles. The lowest BCUT2D eigenvalue weighted by molar-refractivity contribution is -0.151. The van der Waals surface area contributed by atoms with E-state index < -0.39 is 17.9 Å². The van der Waals surface area contributed by atoms with Gasteiger partial charge in [-0.15, -0.1) is 11.3 Å². The van der Waals surface area contributed by atoms with Gasteiger partial charge in [-0.25, -0.2) is 4.79 Å². The number of ether oxygens (including phenoxy) is 1. The number of nitrogens with zero attached hydrogens (tertiary/aromatic N) is 1. The summed E-state index contributed by atoms with van der Waals surface area (Å²) in [5, 5.41) is 0. The minimum Gasteiger partial charge on any atom is -0.464 e. The molecule has 0 aliphatic heterocycles. The third kappa shape index (κ3) is 4.49. The zero-order chi connectivity index (χ0) is 14.4. The molecule has 0 bridgehead atoms. The summed E-state index contributed by atoms with van der Waals surface area (Å²) >= 11 is 7.23. The number of thiophene rings is 1. The zero-order valence-corrected chi connectivity index (χ0v) is 12.5. The molecule has 19 heavy (non-hydrogen) atoms. The number of hydrogen-bond donors (Lipinski definition) is 1. The molecule has 1 heterocycles. The van der Waals surface area contributed by atoms with Crippen molar-refractivity contribution >= 4 is 34.8 Å². The maximum atomic E-state index is 12.1. The van der Waals surface area contributed by atoms with Crippen LogP contribution in [0.2, 0.25) is 4.34 Å². The van der Waals surface area contributed by atoms with Crippen molar-refractivity contribution in [3.05, 3.63) is 21.3 Å². The van der Waals surface area contributed by atoms with Gasteiger partial charge in [0.05, 0.1) is 17.5 Å².